The molecule has 26 heavy (non-hydrogen) atoms. The normalized spacial score (nSPS) is 17.1. The summed E-state index contributed by atoms with van der Waals surface area (Å²) < 4.78 is 35.9. The summed E-state index contributed by atoms with van der Waals surface area (Å²) in [5, 5.41) is -0.574. The fourth-order valence-corrected chi connectivity index (χ4v) is 4.63. The average Bonchev–Trinajstić information content (AvgIpc) is 3.18. The van der Waals surface area contributed by atoms with Crippen molar-refractivity contribution in [1.82, 2.24) is 4.90 Å². The monoisotopic (exact) mass is 375 g/mol. The number of nitrogens with zero attached hydrogens (tertiary/aromatic N) is 1. The molecule has 1 aliphatic heterocycles. The topological polar surface area (TPSA) is 72.9 Å². The molecular formula is C19H21NO5S. The molecule has 1 saturated heterocycles. The third-order valence-corrected chi connectivity index (χ3v) is 6.62. The summed E-state index contributed by atoms with van der Waals surface area (Å²) in [5.74, 6) is 1.05. The number of amides is 1. The molecule has 7 heteroatoms. The molecule has 1 fully saturated rings. The van der Waals surface area contributed by atoms with Crippen LogP contribution in [0, 0.1) is 0 Å². The molecule has 3 rings (SSSR count). The van der Waals surface area contributed by atoms with Crippen molar-refractivity contribution in [1.29, 1.82) is 0 Å². The Morgan fingerprint density at radius 2 is 1.73 bits per heavy atom. The Bertz CT molecular complexity index is 849. The second kappa shape index (κ2) is 7.78. The maximum atomic E-state index is 12.7. The van der Waals surface area contributed by atoms with Gasteiger partial charge in [0.1, 0.15) is 11.5 Å². The van der Waals surface area contributed by atoms with Crippen molar-refractivity contribution in [2.24, 2.45) is 0 Å². The largest absolute Gasteiger partial charge is 0.497 e. The van der Waals surface area contributed by atoms with Crippen molar-refractivity contribution in [3.8, 4) is 11.5 Å². The van der Waals surface area contributed by atoms with Gasteiger partial charge in [-0.3, -0.25) is 4.79 Å². The maximum absolute atomic E-state index is 12.7. The highest BCUT2D eigenvalue weighted by Crippen LogP contribution is 2.24. The Labute approximate surface area is 153 Å². The lowest BCUT2D eigenvalue weighted by Crippen LogP contribution is -2.35. The van der Waals surface area contributed by atoms with Crippen molar-refractivity contribution < 1.29 is 22.7 Å². The lowest BCUT2D eigenvalue weighted by atomic mass is 10.3. The van der Waals surface area contributed by atoms with Gasteiger partial charge in [0.2, 0.25) is 0 Å². The fraction of sp³-hybridized carbons (Fsp3) is 0.316. The predicted octanol–water partition coefficient (Wildman–Crippen LogP) is 2.15. The van der Waals surface area contributed by atoms with Gasteiger partial charge in [0.25, 0.3) is 5.91 Å². The fourth-order valence-electron chi connectivity index (χ4n) is 2.92. The third-order valence-electron chi connectivity index (χ3n) is 4.43. The van der Waals surface area contributed by atoms with Crippen molar-refractivity contribution in [2.75, 3.05) is 26.8 Å². The predicted molar refractivity (Wildman–Crippen MR) is 97.1 cm³/mol. The number of hydrogen-bond acceptors (Lipinski definition) is 5. The SMILES string of the molecule is COc1ccc(OCC(=O)N2CCC(S(=O)(=O)c3ccccc3)C2)cc1. The molecule has 1 amide bonds. The molecule has 0 saturated carbocycles. The molecule has 2 aromatic carbocycles. The summed E-state index contributed by atoms with van der Waals surface area (Å²) in [6.07, 6.45) is 0.436. The summed E-state index contributed by atoms with van der Waals surface area (Å²) in [6, 6.07) is 15.3. The molecule has 1 unspecified atom stereocenters. The number of rotatable bonds is 6. The standard InChI is InChI=1S/C19H21NO5S/c1-24-15-7-9-16(10-8-15)25-14-19(21)20-12-11-18(13-20)26(22,23)17-5-3-2-4-6-17/h2-10,18H,11-14H2,1H3. The first kappa shape index (κ1) is 18.3. The van der Waals surface area contributed by atoms with Gasteiger partial charge in [-0.05, 0) is 42.8 Å². The van der Waals surface area contributed by atoms with Crippen LogP contribution in [0.5, 0.6) is 11.5 Å². The van der Waals surface area contributed by atoms with Gasteiger partial charge in [-0.2, -0.15) is 0 Å². The summed E-state index contributed by atoms with van der Waals surface area (Å²) in [5.41, 5.74) is 0. The summed E-state index contributed by atoms with van der Waals surface area (Å²) in [7, 11) is -1.85. The minimum atomic E-state index is -3.43. The van der Waals surface area contributed by atoms with E-state index >= 15 is 0 Å². The molecule has 6 nitrogen and oxygen atoms in total. The third kappa shape index (κ3) is 3.99. The van der Waals surface area contributed by atoms with Gasteiger partial charge < -0.3 is 14.4 Å². The van der Waals surface area contributed by atoms with E-state index in [2.05, 4.69) is 0 Å². The summed E-state index contributed by atoms with van der Waals surface area (Å²) in [6.45, 7) is 0.494. The van der Waals surface area contributed by atoms with Crippen LogP contribution in [0.3, 0.4) is 0 Å². The quantitative estimate of drug-likeness (QED) is 0.774. The number of methoxy groups -OCH3 is 1. The Morgan fingerprint density at radius 3 is 2.38 bits per heavy atom. The van der Waals surface area contributed by atoms with Crippen LogP contribution < -0.4 is 9.47 Å². The molecule has 0 radical (unpaired) electrons. The maximum Gasteiger partial charge on any atom is 0.260 e. The number of carbonyl (C=O) groups is 1. The van der Waals surface area contributed by atoms with E-state index in [1.807, 2.05) is 0 Å². The molecule has 0 N–H and O–H groups in total. The summed E-state index contributed by atoms with van der Waals surface area (Å²) in [4.78, 5) is 14.2. The molecule has 1 heterocycles. The number of benzene rings is 2. The highest BCUT2D eigenvalue weighted by atomic mass is 32.2. The van der Waals surface area contributed by atoms with E-state index in [-0.39, 0.29) is 19.1 Å². The number of likely N-dealkylation sites (tertiary alicyclic amines) is 1. The Hall–Kier alpha value is -2.54. The Kier molecular flexibility index (Phi) is 5.46. The minimum Gasteiger partial charge on any atom is -0.497 e. The highest BCUT2D eigenvalue weighted by molar-refractivity contribution is 7.92. The van der Waals surface area contributed by atoms with Crippen LogP contribution in [-0.2, 0) is 14.6 Å². The van der Waals surface area contributed by atoms with E-state index in [1.54, 1.807) is 66.6 Å². The number of carbonyl (C=O) groups excluding carboxylic acids is 1. The van der Waals surface area contributed by atoms with E-state index in [9.17, 15) is 13.2 Å². The summed E-state index contributed by atoms with van der Waals surface area (Å²) >= 11 is 0. The molecule has 2 aromatic rings. The van der Waals surface area contributed by atoms with Crippen LogP contribution in [0.2, 0.25) is 0 Å². The van der Waals surface area contributed by atoms with E-state index in [0.29, 0.717) is 29.4 Å². The van der Waals surface area contributed by atoms with E-state index < -0.39 is 15.1 Å². The molecule has 0 spiro atoms. The number of sulfone groups is 1. The van der Waals surface area contributed by atoms with E-state index in [1.165, 1.54) is 0 Å². The minimum absolute atomic E-state index is 0.121. The lowest BCUT2D eigenvalue weighted by molar-refractivity contribution is -0.132. The van der Waals surface area contributed by atoms with Crippen LogP contribution in [0.25, 0.3) is 0 Å². The number of ether oxygens (including phenoxy) is 2. The first-order valence-corrected chi connectivity index (χ1v) is 9.89. The lowest BCUT2D eigenvalue weighted by Gasteiger charge is -2.17. The molecule has 0 aromatic heterocycles. The van der Waals surface area contributed by atoms with Crippen LogP contribution in [0.1, 0.15) is 6.42 Å². The molecule has 1 atom stereocenters. The molecule has 138 valence electrons. The first-order valence-electron chi connectivity index (χ1n) is 8.34. The van der Waals surface area contributed by atoms with Gasteiger partial charge in [-0.25, -0.2) is 8.42 Å². The van der Waals surface area contributed by atoms with E-state index in [4.69, 9.17) is 9.47 Å². The Balaban J connectivity index is 1.57. The van der Waals surface area contributed by atoms with Crippen LogP contribution >= 0.6 is 0 Å². The zero-order valence-corrected chi connectivity index (χ0v) is 15.3. The van der Waals surface area contributed by atoms with Crippen molar-refractivity contribution in [3.63, 3.8) is 0 Å². The Morgan fingerprint density at radius 1 is 1.08 bits per heavy atom. The van der Waals surface area contributed by atoms with Crippen LogP contribution in [0.15, 0.2) is 59.5 Å². The second-order valence-electron chi connectivity index (χ2n) is 6.07. The average molecular weight is 375 g/mol. The molecule has 0 bridgehead atoms. The van der Waals surface area contributed by atoms with Crippen LogP contribution in [0.4, 0.5) is 0 Å². The second-order valence-corrected chi connectivity index (χ2v) is 8.30. The van der Waals surface area contributed by atoms with Crippen molar-refractivity contribution in [2.45, 2.75) is 16.6 Å². The van der Waals surface area contributed by atoms with Gasteiger partial charge in [0.15, 0.2) is 16.4 Å². The van der Waals surface area contributed by atoms with Gasteiger partial charge in [0, 0.05) is 13.1 Å². The molecular weight excluding hydrogens is 354 g/mol. The van der Waals surface area contributed by atoms with E-state index in [0.717, 1.165) is 0 Å². The molecule has 1 aliphatic rings. The highest BCUT2D eigenvalue weighted by Gasteiger charge is 2.36. The van der Waals surface area contributed by atoms with Gasteiger partial charge in [-0.15, -0.1) is 0 Å². The zero-order chi connectivity index (χ0) is 18.6. The number of hydrogen-bond donors (Lipinski definition) is 0. The molecule has 0 aliphatic carbocycles. The van der Waals surface area contributed by atoms with Crippen LogP contribution in [-0.4, -0.2) is 51.3 Å². The van der Waals surface area contributed by atoms with Gasteiger partial charge in [-0.1, -0.05) is 18.2 Å². The van der Waals surface area contributed by atoms with Gasteiger partial charge >= 0.3 is 0 Å². The first-order chi connectivity index (χ1) is 12.5. The van der Waals surface area contributed by atoms with Crippen molar-refractivity contribution >= 4 is 15.7 Å². The smallest absolute Gasteiger partial charge is 0.260 e. The zero-order valence-electron chi connectivity index (χ0n) is 14.5. The van der Waals surface area contributed by atoms with Crippen molar-refractivity contribution in [3.05, 3.63) is 54.6 Å². The van der Waals surface area contributed by atoms with Gasteiger partial charge in [0.05, 0.1) is 17.3 Å².